The topological polar surface area (TPSA) is 80.9 Å². The maximum atomic E-state index is 12.4. The van der Waals surface area contributed by atoms with Crippen LogP contribution in [0.1, 0.15) is 15.9 Å². The Morgan fingerprint density at radius 3 is 2.43 bits per heavy atom. The number of benzene rings is 2. The molecule has 114 valence electrons. The minimum absolute atomic E-state index is 0.157. The molecule has 0 aliphatic heterocycles. The first-order chi connectivity index (χ1) is 11.1. The molecule has 0 spiro atoms. The lowest BCUT2D eigenvalue weighted by Crippen LogP contribution is -2.16. The van der Waals surface area contributed by atoms with Crippen molar-refractivity contribution in [3.8, 4) is 11.4 Å². The van der Waals surface area contributed by atoms with Crippen LogP contribution in [0.5, 0.6) is 0 Å². The van der Waals surface area contributed by atoms with E-state index in [4.69, 9.17) is 5.73 Å². The Kier molecular flexibility index (Phi) is 4.01. The Balaban J connectivity index is 1.86. The van der Waals surface area contributed by atoms with Gasteiger partial charge in [-0.1, -0.05) is 48.5 Å². The monoisotopic (exact) mass is 304 g/mol. The van der Waals surface area contributed by atoms with Gasteiger partial charge < -0.3 is 11.1 Å². The third kappa shape index (κ3) is 3.18. The van der Waals surface area contributed by atoms with Gasteiger partial charge in [-0.15, -0.1) is 0 Å². The number of rotatable bonds is 3. The van der Waals surface area contributed by atoms with E-state index in [-0.39, 0.29) is 17.3 Å². The molecule has 2 aromatic carbocycles. The second kappa shape index (κ2) is 6.27. The highest BCUT2D eigenvalue weighted by Gasteiger charge is 2.14. The first-order valence-electron chi connectivity index (χ1n) is 7.20. The molecule has 0 bridgehead atoms. The lowest BCUT2D eigenvalue weighted by molar-refractivity contribution is 0.102. The number of nitrogen functional groups attached to an aromatic ring is 1. The zero-order chi connectivity index (χ0) is 16.2. The molecule has 0 radical (unpaired) electrons. The molecule has 0 fully saturated rings. The Morgan fingerprint density at radius 2 is 1.74 bits per heavy atom. The molecule has 3 aromatic rings. The smallest absolute Gasteiger partial charge is 0.260 e. The van der Waals surface area contributed by atoms with Crippen molar-refractivity contribution in [2.45, 2.75) is 6.92 Å². The van der Waals surface area contributed by atoms with Gasteiger partial charge in [-0.2, -0.15) is 0 Å². The summed E-state index contributed by atoms with van der Waals surface area (Å²) in [6, 6.07) is 17.0. The second-order valence-corrected chi connectivity index (χ2v) is 5.13. The van der Waals surface area contributed by atoms with E-state index in [2.05, 4.69) is 15.3 Å². The molecular formula is C18H16N4O. The highest BCUT2D eigenvalue weighted by Crippen LogP contribution is 2.19. The van der Waals surface area contributed by atoms with Crippen LogP contribution in [-0.4, -0.2) is 15.9 Å². The van der Waals surface area contributed by atoms with Crippen LogP contribution in [0.25, 0.3) is 11.4 Å². The van der Waals surface area contributed by atoms with E-state index in [9.17, 15) is 4.79 Å². The van der Waals surface area contributed by atoms with Crippen LogP contribution in [0.15, 0.2) is 60.8 Å². The molecule has 0 aliphatic rings. The number of anilines is 2. The van der Waals surface area contributed by atoms with Gasteiger partial charge in [0.1, 0.15) is 11.4 Å². The van der Waals surface area contributed by atoms with Crippen molar-refractivity contribution in [2.75, 3.05) is 11.1 Å². The summed E-state index contributed by atoms with van der Waals surface area (Å²) in [4.78, 5) is 20.8. The number of nitrogens with one attached hydrogen (secondary N) is 1. The van der Waals surface area contributed by atoms with Gasteiger partial charge in [0.15, 0.2) is 5.82 Å². The quantitative estimate of drug-likeness (QED) is 0.778. The Morgan fingerprint density at radius 1 is 1.04 bits per heavy atom. The average Bonchev–Trinajstić information content (AvgIpc) is 2.57. The van der Waals surface area contributed by atoms with Crippen molar-refractivity contribution < 1.29 is 4.79 Å². The molecule has 3 N–H and O–H groups in total. The zero-order valence-electron chi connectivity index (χ0n) is 12.7. The summed E-state index contributed by atoms with van der Waals surface area (Å²) in [5.74, 6) is 0.330. The van der Waals surface area contributed by atoms with Crippen LogP contribution in [0.4, 0.5) is 11.5 Å². The number of para-hydroxylation sites is 1. The summed E-state index contributed by atoms with van der Waals surface area (Å²) in [5.41, 5.74) is 8.76. The van der Waals surface area contributed by atoms with Gasteiger partial charge in [0.05, 0.1) is 0 Å². The summed E-state index contributed by atoms with van der Waals surface area (Å²) in [7, 11) is 0. The number of carbonyl (C=O) groups excluding carboxylic acids is 1. The van der Waals surface area contributed by atoms with Gasteiger partial charge >= 0.3 is 0 Å². The third-order valence-electron chi connectivity index (χ3n) is 3.49. The van der Waals surface area contributed by atoms with Crippen LogP contribution in [0, 0.1) is 6.92 Å². The normalized spacial score (nSPS) is 10.3. The fraction of sp³-hybridized carbons (Fsp3) is 0.0556. The summed E-state index contributed by atoms with van der Waals surface area (Å²) < 4.78 is 0. The molecule has 3 rings (SSSR count). The minimum atomic E-state index is -0.323. The first kappa shape index (κ1) is 14.7. The highest BCUT2D eigenvalue weighted by molar-refractivity contribution is 6.07. The number of nitrogens with zero attached hydrogens (tertiary/aromatic N) is 2. The molecule has 23 heavy (non-hydrogen) atoms. The Labute approximate surface area is 134 Å². The fourth-order valence-corrected chi connectivity index (χ4v) is 2.20. The number of hydrogen-bond donors (Lipinski definition) is 2. The summed E-state index contributed by atoms with van der Waals surface area (Å²) in [5, 5.41) is 2.83. The van der Waals surface area contributed by atoms with Crippen LogP contribution in [0.3, 0.4) is 0 Å². The average molecular weight is 304 g/mol. The molecular weight excluding hydrogens is 288 g/mol. The fourth-order valence-electron chi connectivity index (χ4n) is 2.20. The summed E-state index contributed by atoms with van der Waals surface area (Å²) >= 11 is 0. The van der Waals surface area contributed by atoms with Crippen molar-refractivity contribution in [2.24, 2.45) is 0 Å². The van der Waals surface area contributed by atoms with Crippen molar-refractivity contribution in [3.05, 3.63) is 71.9 Å². The summed E-state index contributed by atoms with van der Waals surface area (Å²) in [6.45, 7) is 1.92. The van der Waals surface area contributed by atoms with Gasteiger partial charge in [0, 0.05) is 17.4 Å². The molecule has 5 heteroatoms. The molecule has 5 nitrogen and oxygen atoms in total. The maximum Gasteiger partial charge on any atom is 0.260 e. The van der Waals surface area contributed by atoms with Crippen LogP contribution in [-0.2, 0) is 0 Å². The maximum absolute atomic E-state index is 12.4. The lowest BCUT2D eigenvalue weighted by Gasteiger charge is -2.10. The largest absolute Gasteiger partial charge is 0.383 e. The molecule has 0 saturated heterocycles. The molecule has 0 aliphatic carbocycles. The van der Waals surface area contributed by atoms with E-state index in [1.807, 2.05) is 61.5 Å². The number of carbonyl (C=O) groups is 1. The molecule has 1 amide bonds. The number of hydrogen-bond acceptors (Lipinski definition) is 4. The van der Waals surface area contributed by atoms with Gasteiger partial charge in [-0.25, -0.2) is 9.97 Å². The SMILES string of the molecule is Cc1ccccc1NC(=O)c1cnc(-c2ccccc2)nc1N. The predicted molar refractivity (Wildman–Crippen MR) is 91.0 cm³/mol. The van der Waals surface area contributed by atoms with Gasteiger partial charge in [-0.3, -0.25) is 4.79 Å². The van der Waals surface area contributed by atoms with Crippen molar-refractivity contribution in [3.63, 3.8) is 0 Å². The van der Waals surface area contributed by atoms with Crippen molar-refractivity contribution in [1.82, 2.24) is 9.97 Å². The van der Waals surface area contributed by atoms with Crippen LogP contribution >= 0.6 is 0 Å². The number of amides is 1. The Hall–Kier alpha value is -3.21. The van der Waals surface area contributed by atoms with E-state index < -0.39 is 0 Å². The van der Waals surface area contributed by atoms with E-state index in [0.717, 1.165) is 16.8 Å². The molecule has 0 saturated carbocycles. The van der Waals surface area contributed by atoms with Gasteiger partial charge in [0.25, 0.3) is 5.91 Å². The van der Waals surface area contributed by atoms with E-state index in [1.54, 1.807) is 0 Å². The number of aryl methyl sites for hydroxylation is 1. The molecule has 0 unspecified atom stereocenters. The Bertz CT molecular complexity index is 847. The zero-order valence-corrected chi connectivity index (χ0v) is 12.7. The first-order valence-corrected chi connectivity index (χ1v) is 7.20. The lowest BCUT2D eigenvalue weighted by atomic mass is 10.2. The number of nitrogens with two attached hydrogens (primary N) is 1. The highest BCUT2D eigenvalue weighted by atomic mass is 16.1. The third-order valence-corrected chi connectivity index (χ3v) is 3.49. The van der Waals surface area contributed by atoms with Crippen molar-refractivity contribution >= 4 is 17.4 Å². The van der Waals surface area contributed by atoms with Crippen LogP contribution < -0.4 is 11.1 Å². The number of aromatic nitrogens is 2. The second-order valence-electron chi connectivity index (χ2n) is 5.13. The van der Waals surface area contributed by atoms with Crippen molar-refractivity contribution in [1.29, 1.82) is 0 Å². The summed E-state index contributed by atoms with van der Waals surface area (Å²) in [6.07, 6.45) is 1.46. The molecule has 1 aromatic heterocycles. The van der Waals surface area contributed by atoms with E-state index >= 15 is 0 Å². The van der Waals surface area contributed by atoms with Crippen LogP contribution in [0.2, 0.25) is 0 Å². The molecule has 0 atom stereocenters. The molecule has 1 heterocycles. The van der Waals surface area contributed by atoms with Gasteiger partial charge in [-0.05, 0) is 18.6 Å². The standard InChI is InChI=1S/C18H16N4O/c1-12-7-5-6-10-15(12)21-18(23)14-11-20-17(22-16(14)19)13-8-3-2-4-9-13/h2-11H,1H3,(H,21,23)(H2,19,20,22). The predicted octanol–water partition coefficient (Wildman–Crippen LogP) is 3.29. The van der Waals surface area contributed by atoms with E-state index in [0.29, 0.717) is 5.82 Å². The minimum Gasteiger partial charge on any atom is -0.383 e. The van der Waals surface area contributed by atoms with E-state index in [1.165, 1.54) is 6.20 Å². The van der Waals surface area contributed by atoms with Gasteiger partial charge in [0.2, 0.25) is 0 Å².